The van der Waals surface area contributed by atoms with E-state index in [1.807, 2.05) is 0 Å². The predicted octanol–water partition coefficient (Wildman–Crippen LogP) is 0.220. The molecule has 5 heavy (non-hydrogen) atoms. The molecule has 0 heterocycles. The second-order valence-corrected chi connectivity index (χ2v) is 0.283. The molecule has 3 nitrogen and oxygen atoms in total. The van der Waals surface area contributed by atoms with Crippen molar-refractivity contribution in [2.75, 3.05) is 0 Å². The Hall–Kier alpha value is 0.192. The van der Waals surface area contributed by atoms with E-state index in [0.717, 1.165) is 0 Å². The first kappa shape index (κ1) is 8.95. The van der Waals surface area contributed by atoms with Crippen molar-refractivity contribution in [1.29, 1.82) is 0 Å². The largest absolute Gasteiger partial charge is 0.503 e. The quantitative estimate of drug-likeness (QED) is 0.517. The Labute approximate surface area is 48.8 Å². The molecule has 0 radical (unpaired) electrons. The first-order valence-electron chi connectivity index (χ1n) is 0.651. The van der Waals surface area contributed by atoms with Crippen LogP contribution in [0.25, 0.3) is 0 Å². The predicted molar refractivity (Wildman–Crippen MR) is 10.7 cm³/mol. The summed E-state index contributed by atoms with van der Waals surface area (Å²) in [6.45, 7) is 0. The van der Waals surface area contributed by atoms with E-state index in [2.05, 4.69) is 0 Å². The summed E-state index contributed by atoms with van der Waals surface area (Å²) in [7, 11) is 0. The number of hydrogen-bond donors (Lipinski definition) is 2. The standard InChI is InChI=1S/CH2O3.Cd/c2-1(3)4;/h(H2,2,3,4);. The third-order valence-electron chi connectivity index (χ3n) is 0. The van der Waals surface area contributed by atoms with Crippen LogP contribution in [0.5, 0.6) is 0 Å². The first-order valence-corrected chi connectivity index (χ1v) is 0.651. The fraction of sp³-hybridized carbons (Fsp3) is 0. The third kappa shape index (κ3) is 546. The molecule has 0 saturated carbocycles. The van der Waals surface area contributed by atoms with Crippen LogP contribution in [0.4, 0.5) is 4.79 Å². The van der Waals surface area contributed by atoms with Crippen molar-refractivity contribution in [3.8, 4) is 0 Å². The van der Waals surface area contributed by atoms with Gasteiger partial charge < -0.3 is 10.2 Å². The molecule has 26 valence electrons. The molecule has 0 aliphatic rings. The molecule has 0 fully saturated rings. The summed E-state index contributed by atoms with van der Waals surface area (Å²) in [6.07, 6.45) is -1.83. The van der Waals surface area contributed by atoms with Gasteiger partial charge >= 0.3 is 6.16 Å². The van der Waals surface area contributed by atoms with E-state index in [1.165, 1.54) is 0 Å². The molecule has 0 saturated heterocycles. The summed E-state index contributed by atoms with van der Waals surface area (Å²) in [5.74, 6) is 0. The van der Waals surface area contributed by atoms with E-state index in [9.17, 15) is 0 Å². The fourth-order valence-electron chi connectivity index (χ4n) is 0. The number of rotatable bonds is 0. The maximum atomic E-state index is 8.56. The summed E-state index contributed by atoms with van der Waals surface area (Å²) in [5.41, 5.74) is 0. The molecule has 0 aromatic rings. The van der Waals surface area contributed by atoms with E-state index in [4.69, 9.17) is 15.0 Å². The summed E-state index contributed by atoms with van der Waals surface area (Å²) in [4.78, 5) is 8.56. The zero-order valence-corrected chi connectivity index (χ0v) is 6.55. The van der Waals surface area contributed by atoms with Gasteiger partial charge in [-0.15, -0.1) is 0 Å². The van der Waals surface area contributed by atoms with Crippen LogP contribution >= 0.6 is 0 Å². The molecule has 0 amide bonds. The molecule has 0 aromatic carbocycles. The number of hydrogen-bond acceptors (Lipinski definition) is 1. The molecule has 0 unspecified atom stereocenters. The molecule has 2 N–H and O–H groups in total. The molecular formula is CH2CdO3. The van der Waals surface area contributed by atoms with Gasteiger partial charge in [-0.1, -0.05) is 0 Å². The van der Waals surface area contributed by atoms with Crippen molar-refractivity contribution < 1.29 is 42.3 Å². The van der Waals surface area contributed by atoms with Crippen LogP contribution in [0.15, 0.2) is 0 Å². The Balaban J connectivity index is 0. The van der Waals surface area contributed by atoms with Crippen LogP contribution in [0, 0.1) is 0 Å². The van der Waals surface area contributed by atoms with Crippen LogP contribution in [0.2, 0.25) is 0 Å². The number of carboxylic acid groups (broad SMARTS) is 2. The van der Waals surface area contributed by atoms with Gasteiger partial charge in [0.15, 0.2) is 0 Å². The third-order valence-corrected chi connectivity index (χ3v) is 0. The van der Waals surface area contributed by atoms with E-state index in [0.29, 0.717) is 0 Å². The molecular weight excluding hydrogens is 172 g/mol. The molecule has 0 aliphatic carbocycles. The van der Waals surface area contributed by atoms with Crippen molar-refractivity contribution in [3.05, 3.63) is 0 Å². The second-order valence-electron chi connectivity index (χ2n) is 0.283. The van der Waals surface area contributed by atoms with Gasteiger partial charge in [0, 0.05) is 27.3 Å². The fourth-order valence-corrected chi connectivity index (χ4v) is 0. The molecule has 0 atom stereocenters. The van der Waals surface area contributed by atoms with Crippen molar-refractivity contribution in [1.82, 2.24) is 0 Å². The zero-order chi connectivity index (χ0) is 3.58. The Morgan fingerprint density at radius 3 is 1.40 bits per heavy atom. The minimum absolute atomic E-state index is 0. The molecule has 0 spiro atoms. The van der Waals surface area contributed by atoms with Crippen molar-refractivity contribution in [3.63, 3.8) is 0 Å². The van der Waals surface area contributed by atoms with Crippen LogP contribution in [-0.2, 0) is 27.3 Å². The normalized spacial score (nSPS) is 4.80. The van der Waals surface area contributed by atoms with Crippen LogP contribution in [-0.4, -0.2) is 16.4 Å². The van der Waals surface area contributed by atoms with E-state index in [1.54, 1.807) is 0 Å². The second kappa shape index (κ2) is 4.19. The molecule has 0 aromatic heterocycles. The van der Waals surface area contributed by atoms with Gasteiger partial charge in [-0.2, -0.15) is 0 Å². The maximum Gasteiger partial charge on any atom is 0.503 e. The Morgan fingerprint density at radius 1 is 1.40 bits per heavy atom. The summed E-state index contributed by atoms with van der Waals surface area (Å²) >= 11 is 0. The number of carbonyl (C=O) groups is 1. The summed E-state index contributed by atoms with van der Waals surface area (Å²) in [5, 5.41) is 13.9. The van der Waals surface area contributed by atoms with Gasteiger partial charge in [0.25, 0.3) is 0 Å². The molecule has 0 aliphatic heterocycles. The van der Waals surface area contributed by atoms with Crippen molar-refractivity contribution in [2.24, 2.45) is 0 Å². The average molecular weight is 174 g/mol. The topological polar surface area (TPSA) is 57.5 Å². The Kier molecular flexibility index (Phi) is 7.51. The van der Waals surface area contributed by atoms with E-state index in [-0.39, 0.29) is 27.3 Å². The van der Waals surface area contributed by atoms with Gasteiger partial charge in [0.2, 0.25) is 0 Å². The SMILES string of the molecule is O=C(O)O.[Cd]. The monoisotopic (exact) mass is 176 g/mol. The van der Waals surface area contributed by atoms with Gasteiger partial charge in [0.1, 0.15) is 0 Å². The Bertz CT molecular complexity index is 29.9. The van der Waals surface area contributed by atoms with Crippen LogP contribution in [0.1, 0.15) is 0 Å². The summed E-state index contributed by atoms with van der Waals surface area (Å²) < 4.78 is 0. The minimum Gasteiger partial charge on any atom is -0.450 e. The van der Waals surface area contributed by atoms with E-state index >= 15 is 0 Å². The first-order chi connectivity index (χ1) is 1.73. The summed E-state index contributed by atoms with van der Waals surface area (Å²) in [6, 6.07) is 0. The minimum atomic E-state index is -1.83. The molecule has 4 heteroatoms. The van der Waals surface area contributed by atoms with Gasteiger partial charge in [-0.05, 0) is 0 Å². The Morgan fingerprint density at radius 2 is 1.40 bits per heavy atom. The zero-order valence-electron chi connectivity index (χ0n) is 2.51. The molecule has 0 rings (SSSR count). The van der Waals surface area contributed by atoms with Crippen LogP contribution in [0.3, 0.4) is 0 Å². The van der Waals surface area contributed by atoms with Crippen molar-refractivity contribution >= 4 is 6.16 Å². The van der Waals surface area contributed by atoms with Crippen LogP contribution < -0.4 is 0 Å². The van der Waals surface area contributed by atoms with E-state index < -0.39 is 6.16 Å². The van der Waals surface area contributed by atoms with Gasteiger partial charge in [0.05, 0.1) is 0 Å². The van der Waals surface area contributed by atoms with Crippen molar-refractivity contribution in [2.45, 2.75) is 0 Å². The molecule has 0 bridgehead atoms. The average Bonchev–Trinajstić information content (AvgIpc) is 0.811. The van der Waals surface area contributed by atoms with Gasteiger partial charge in [-0.3, -0.25) is 0 Å². The van der Waals surface area contributed by atoms with Gasteiger partial charge in [-0.25, -0.2) is 4.79 Å². The maximum absolute atomic E-state index is 8.56. The smallest absolute Gasteiger partial charge is 0.450 e.